The fourth-order valence-corrected chi connectivity index (χ4v) is 2.02. The van der Waals surface area contributed by atoms with Crippen molar-refractivity contribution in [1.82, 2.24) is 19.5 Å². The van der Waals surface area contributed by atoms with E-state index in [0.717, 1.165) is 0 Å². The number of aliphatic hydroxyl groups is 2. The van der Waals surface area contributed by atoms with Crippen LogP contribution in [-0.4, -0.2) is 54.7 Å². The van der Waals surface area contributed by atoms with Crippen LogP contribution >= 0.6 is 0 Å². The van der Waals surface area contributed by atoms with Crippen molar-refractivity contribution < 1.29 is 19.3 Å². The van der Waals surface area contributed by atoms with Gasteiger partial charge >= 0.3 is 0 Å². The van der Waals surface area contributed by atoms with Gasteiger partial charge in [0, 0.05) is 0 Å². The molecule has 22 heavy (non-hydrogen) atoms. The number of aromatic nitrogens is 4. The molecule has 2 aromatic heterocycles. The number of nitrogens with zero attached hydrogens (tertiary/aromatic N) is 4. The van der Waals surface area contributed by atoms with Gasteiger partial charge in [-0.15, -0.1) is 6.42 Å². The summed E-state index contributed by atoms with van der Waals surface area (Å²) in [5, 5.41) is 19.1. The summed E-state index contributed by atoms with van der Waals surface area (Å²) < 4.78 is 19.8. The molecular formula is C13H16FN5O3. The van der Waals surface area contributed by atoms with Crippen molar-refractivity contribution in [2.24, 2.45) is 0 Å². The standard InChI is InChI=1S/C13H16FN5O3/c1-3-13(5-20,9(21)4-14)22-8(2)19-7-18-10-11(15)16-6-17-12(10)19/h1,6-9,20-21H,4-5H2,2H3,(H2,15,16,17)/t8?,9-,13?/m0/s1. The fraction of sp³-hybridized carbons (Fsp3) is 0.462. The summed E-state index contributed by atoms with van der Waals surface area (Å²) in [5.74, 6) is 2.31. The van der Waals surface area contributed by atoms with Crippen LogP contribution in [0.1, 0.15) is 13.2 Å². The number of anilines is 1. The van der Waals surface area contributed by atoms with Gasteiger partial charge < -0.3 is 20.7 Å². The van der Waals surface area contributed by atoms with E-state index in [1.165, 1.54) is 17.2 Å². The Morgan fingerprint density at radius 3 is 2.86 bits per heavy atom. The van der Waals surface area contributed by atoms with Crippen molar-refractivity contribution in [3.63, 3.8) is 0 Å². The normalized spacial score (nSPS) is 16.9. The highest BCUT2D eigenvalue weighted by molar-refractivity contribution is 5.81. The number of aliphatic hydroxyl groups excluding tert-OH is 2. The Morgan fingerprint density at radius 1 is 1.55 bits per heavy atom. The predicted octanol–water partition coefficient (Wildman–Crippen LogP) is -0.362. The van der Waals surface area contributed by atoms with Gasteiger partial charge in [-0.25, -0.2) is 19.3 Å². The average molecular weight is 309 g/mol. The van der Waals surface area contributed by atoms with Crippen molar-refractivity contribution in [3.8, 4) is 12.3 Å². The van der Waals surface area contributed by atoms with Crippen LogP contribution in [-0.2, 0) is 4.74 Å². The molecule has 0 aliphatic carbocycles. The maximum atomic E-state index is 12.8. The fourth-order valence-electron chi connectivity index (χ4n) is 2.02. The molecule has 2 unspecified atom stereocenters. The minimum absolute atomic E-state index is 0.199. The van der Waals surface area contributed by atoms with Gasteiger partial charge in [-0.1, -0.05) is 5.92 Å². The number of hydrogen-bond donors (Lipinski definition) is 3. The van der Waals surface area contributed by atoms with Gasteiger partial charge in [0.15, 0.2) is 17.1 Å². The molecule has 0 fully saturated rings. The number of ether oxygens (including phenoxy) is 1. The molecule has 2 rings (SSSR count). The van der Waals surface area contributed by atoms with Crippen LogP contribution in [0, 0.1) is 12.3 Å². The van der Waals surface area contributed by atoms with Crippen molar-refractivity contribution >= 4 is 17.0 Å². The monoisotopic (exact) mass is 309 g/mol. The lowest BCUT2D eigenvalue weighted by Gasteiger charge is -2.33. The van der Waals surface area contributed by atoms with E-state index >= 15 is 0 Å². The van der Waals surface area contributed by atoms with E-state index in [-0.39, 0.29) is 5.82 Å². The van der Waals surface area contributed by atoms with Crippen LogP contribution in [0.25, 0.3) is 11.2 Å². The summed E-state index contributed by atoms with van der Waals surface area (Å²) in [6, 6.07) is 0. The number of terminal acetylenes is 1. The predicted molar refractivity (Wildman–Crippen MR) is 76.2 cm³/mol. The SMILES string of the molecule is C#CC(CO)(OC(C)n1cnc2c(N)ncnc21)[C@@H](O)CF. The number of rotatable bonds is 6. The summed E-state index contributed by atoms with van der Waals surface area (Å²) in [7, 11) is 0. The second kappa shape index (κ2) is 6.23. The molecule has 0 bridgehead atoms. The van der Waals surface area contributed by atoms with Crippen LogP contribution in [0.5, 0.6) is 0 Å². The first-order valence-corrected chi connectivity index (χ1v) is 6.42. The highest BCUT2D eigenvalue weighted by Crippen LogP contribution is 2.26. The first kappa shape index (κ1) is 16.1. The maximum Gasteiger partial charge on any atom is 0.181 e. The van der Waals surface area contributed by atoms with Gasteiger partial charge in [0.2, 0.25) is 0 Å². The smallest absolute Gasteiger partial charge is 0.181 e. The number of fused-ring (bicyclic) bond motifs is 1. The second-order valence-corrected chi connectivity index (χ2v) is 4.66. The van der Waals surface area contributed by atoms with Gasteiger partial charge in [-0.05, 0) is 6.92 Å². The largest absolute Gasteiger partial charge is 0.392 e. The summed E-state index contributed by atoms with van der Waals surface area (Å²) in [6.45, 7) is -0.313. The van der Waals surface area contributed by atoms with Crippen molar-refractivity contribution in [2.45, 2.75) is 24.9 Å². The summed E-state index contributed by atoms with van der Waals surface area (Å²) in [4.78, 5) is 11.9. The Labute approximate surface area is 125 Å². The molecular weight excluding hydrogens is 293 g/mol. The summed E-state index contributed by atoms with van der Waals surface area (Å²) in [6.07, 6.45) is 5.51. The minimum atomic E-state index is -1.87. The highest BCUT2D eigenvalue weighted by atomic mass is 19.1. The molecule has 9 heteroatoms. The van der Waals surface area contributed by atoms with E-state index in [1.54, 1.807) is 6.92 Å². The Kier molecular flexibility index (Phi) is 4.56. The molecule has 0 aromatic carbocycles. The third kappa shape index (κ3) is 2.59. The molecule has 118 valence electrons. The Hall–Kier alpha value is -2.28. The lowest BCUT2D eigenvalue weighted by Crippen LogP contribution is -2.49. The van der Waals surface area contributed by atoms with Gasteiger partial charge in [-0.3, -0.25) is 4.57 Å². The molecule has 3 atom stereocenters. The molecule has 0 aliphatic rings. The topological polar surface area (TPSA) is 119 Å². The molecule has 4 N–H and O–H groups in total. The van der Waals surface area contributed by atoms with Gasteiger partial charge in [-0.2, -0.15) is 0 Å². The van der Waals surface area contributed by atoms with Crippen LogP contribution in [0.15, 0.2) is 12.7 Å². The van der Waals surface area contributed by atoms with Crippen molar-refractivity contribution in [3.05, 3.63) is 12.7 Å². The van der Waals surface area contributed by atoms with E-state index in [9.17, 15) is 14.6 Å². The number of hydrogen-bond acceptors (Lipinski definition) is 7. The van der Waals surface area contributed by atoms with Crippen LogP contribution in [0.2, 0.25) is 0 Å². The number of imidazole rings is 1. The lowest BCUT2D eigenvalue weighted by atomic mass is 9.99. The Morgan fingerprint density at radius 2 is 2.27 bits per heavy atom. The van der Waals surface area contributed by atoms with Crippen molar-refractivity contribution in [1.29, 1.82) is 0 Å². The van der Waals surface area contributed by atoms with Gasteiger partial charge in [0.05, 0.1) is 12.9 Å². The third-order valence-electron chi connectivity index (χ3n) is 3.32. The van der Waals surface area contributed by atoms with E-state index in [4.69, 9.17) is 16.9 Å². The van der Waals surface area contributed by atoms with E-state index < -0.39 is 31.2 Å². The molecule has 0 amide bonds. The number of halogens is 1. The minimum Gasteiger partial charge on any atom is -0.392 e. The molecule has 0 radical (unpaired) electrons. The van der Waals surface area contributed by atoms with Crippen LogP contribution in [0.4, 0.5) is 10.2 Å². The van der Waals surface area contributed by atoms with E-state index in [2.05, 4.69) is 20.9 Å². The molecule has 0 saturated carbocycles. The van der Waals surface area contributed by atoms with Gasteiger partial charge in [0.1, 0.15) is 30.9 Å². The van der Waals surface area contributed by atoms with Crippen LogP contribution < -0.4 is 5.73 Å². The highest BCUT2D eigenvalue weighted by Gasteiger charge is 2.39. The zero-order valence-corrected chi connectivity index (χ0v) is 11.8. The summed E-state index contributed by atoms with van der Waals surface area (Å²) >= 11 is 0. The Bertz CT molecular complexity index is 701. The molecule has 0 spiro atoms. The average Bonchev–Trinajstić information content (AvgIpc) is 2.97. The molecule has 2 aromatic rings. The third-order valence-corrected chi connectivity index (χ3v) is 3.32. The molecule has 0 saturated heterocycles. The molecule has 0 aliphatic heterocycles. The second-order valence-electron chi connectivity index (χ2n) is 4.66. The van der Waals surface area contributed by atoms with E-state index in [0.29, 0.717) is 11.2 Å². The number of nitrogens with two attached hydrogens (primary N) is 1. The first-order valence-electron chi connectivity index (χ1n) is 6.42. The van der Waals surface area contributed by atoms with E-state index in [1.807, 2.05) is 0 Å². The van der Waals surface area contributed by atoms with Gasteiger partial charge in [0.25, 0.3) is 0 Å². The maximum absolute atomic E-state index is 12.8. The zero-order valence-electron chi connectivity index (χ0n) is 11.8. The first-order chi connectivity index (χ1) is 10.5. The lowest BCUT2D eigenvalue weighted by molar-refractivity contribution is -0.161. The van der Waals surface area contributed by atoms with Crippen molar-refractivity contribution in [2.75, 3.05) is 19.0 Å². The number of nitrogen functional groups attached to an aromatic ring is 1. The quantitative estimate of drug-likeness (QED) is 0.623. The zero-order chi connectivity index (χ0) is 16.3. The summed E-state index contributed by atoms with van der Waals surface area (Å²) in [5.41, 5.74) is 4.58. The molecule has 8 nitrogen and oxygen atoms in total. The Balaban J connectivity index is 2.36. The van der Waals surface area contributed by atoms with Crippen LogP contribution in [0.3, 0.4) is 0 Å². The molecule has 2 heterocycles. The number of alkyl halides is 1.